The summed E-state index contributed by atoms with van der Waals surface area (Å²) in [5.41, 5.74) is 8.82. The third-order valence-electron chi connectivity index (χ3n) is 4.30. The normalized spacial score (nSPS) is 14.8. The van der Waals surface area contributed by atoms with Gasteiger partial charge in [0.2, 0.25) is 0 Å². The summed E-state index contributed by atoms with van der Waals surface area (Å²) in [4.78, 5) is 15.8. The van der Waals surface area contributed by atoms with E-state index in [9.17, 15) is 0 Å². The molecule has 0 amide bonds. The molecule has 4 heterocycles. The second kappa shape index (κ2) is 6.18. The molecule has 1 aliphatic heterocycles. The average molecular weight is 337 g/mol. The Balaban J connectivity index is 1.94. The Morgan fingerprint density at radius 2 is 2.04 bits per heavy atom. The number of nitrogens with zero attached hydrogens (tertiary/aromatic N) is 4. The number of morpholine rings is 1. The fourth-order valence-electron chi connectivity index (χ4n) is 2.99. The molecule has 1 aliphatic rings. The van der Waals surface area contributed by atoms with Crippen molar-refractivity contribution in [3.05, 3.63) is 36.2 Å². The van der Waals surface area contributed by atoms with E-state index in [-0.39, 0.29) is 0 Å². The van der Waals surface area contributed by atoms with Gasteiger partial charge in [-0.05, 0) is 19.1 Å². The first-order valence-electron chi connectivity index (χ1n) is 8.15. The van der Waals surface area contributed by atoms with Gasteiger partial charge in [0.15, 0.2) is 17.2 Å². The number of ether oxygens (including phenoxy) is 1. The zero-order chi connectivity index (χ0) is 17.4. The molecule has 0 bridgehead atoms. The van der Waals surface area contributed by atoms with Crippen LogP contribution in [0.1, 0.15) is 11.3 Å². The maximum Gasteiger partial charge on any atom is 0.195 e. The Morgan fingerprint density at radius 1 is 1.24 bits per heavy atom. The fraction of sp³-hybridized carbons (Fsp3) is 0.278. The van der Waals surface area contributed by atoms with Gasteiger partial charge in [-0.1, -0.05) is 12.7 Å². The first-order valence-corrected chi connectivity index (χ1v) is 8.15. The van der Waals surface area contributed by atoms with Gasteiger partial charge >= 0.3 is 0 Å². The molecule has 7 nitrogen and oxygen atoms in total. The maximum absolute atomic E-state index is 5.97. The first-order chi connectivity index (χ1) is 12.2. The monoisotopic (exact) mass is 337 g/mol. The van der Waals surface area contributed by atoms with Crippen LogP contribution in [0.25, 0.3) is 28.6 Å². The number of hydrogen-bond acceptors (Lipinski definition) is 7. The topological polar surface area (TPSA) is 90.3 Å². The van der Waals surface area contributed by atoms with Gasteiger partial charge < -0.3 is 19.8 Å². The van der Waals surface area contributed by atoms with Crippen molar-refractivity contribution in [2.75, 3.05) is 36.9 Å². The van der Waals surface area contributed by atoms with Crippen LogP contribution in [0.15, 0.2) is 29.3 Å². The number of hydrogen-bond donors (Lipinski definition) is 1. The van der Waals surface area contributed by atoms with Gasteiger partial charge in [-0.2, -0.15) is 0 Å². The third-order valence-corrected chi connectivity index (χ3v) is 4.30. The van der Waals surface area contributed by atoms with Crippen LogP contribution in [-0.2, 0) is 4.74 Å². The Morgan fingerprint density at radius 3 is 2.72 bits per heavy atom. The number of rotatable bonds is 3. The highest BCUT2D eigenvalue weighted by molar-refractivity contribution is 5.93. The highest BCUT2D eigenvalue weighted by Crippen LogP contribution is 2.33. The van der Waals surface area contributed by atoms with Crippen molar-refractivity contribution >= 4 is 28.8 Å². The van der Waals surface area contributed by atoms with E-state index in [1.165, 1.54) is 0 Å². The Labute approximate surface area is 145 Å². The van der Waals surface area contributed by atoms with Crippen LogP contribution >= 0.6 is 0 Å². The van der Waals surface area contributed by atoms with Crippen molar-refractivity contribution in [1.29, 1.82) is 0 Å². The van der Waals surface area contributed by atoms with Crippen molar-refractivity contribution in [2.45, 2.75) is 6.92 Å². The number of anilines is 2. The lowest BCUT2D eigenvalue weighted by Crippen LogP contribution is -2.37. The zero-order valence-corrected chi connectivity index (χ0v) is 14.0. The number of pyridine rings is 1. The lowest BCUT2D eigenvalue weighted by Gasteiger charge is -2.27. The zero-order valence-electron chi connectivity index (χ0n) is 14.0. The largest absolute Gasteiger partial charge is 0.455 e. The minimum atomic E-state index is 0.462. The minimum Gasteiger partial charge on any atom is -0.455 e. The summed E-state index contributed by atoms with van der Waals surface area (Å²) in [6, 6.07) is 3.61. The molecule has 0 aliphatic carbocycles. The lowest BCUT2D eigenvalue weighted by molar-refractivity contribution is 0.122. The van der Waals surface area contributed by atoms with E-state index >= 15 is 0 Å². The Bertz CT molecular complexity index is 927. The summed E-state index contributed by atoms with van der Waals surface area (Å²) in [5.74, 6) is 2.60. The van der Waals surface area contributed by atoms with E-state index in [1.807, 2.05) is 13.0 Å². The smallest absolute Gasteiger partial charge is 0.195 e. The summed E-state index contributed by atoms with van der Waals surface area (Å²) >= 11 is 0. The molecular weight excluding hydrogens is 318 g/mol. The van der Waals surface area contributed by atoms with Crippen molar-refractivity contribution in [3.63, 3.8) is 0 Å². The van der Waals surface area contributed by atoms with Gasteiger partial charge in [-0.15, -0.1) is 0 Å². The molecule has 0 saturated carbocycles. The Kier molecular flexibility index (Phi) is 3.85. The number of aromatic nitrogens is 3. The second-order valence-corrected chi connectivity index (χ2v) is 5.90. The highest BCUT2D eigenvalue weighted by Gasteiger charge is 2.23. The molecule has 2 N–H and O–H groups in total. The van der Waals surface area contributed by atoms with E-state index in [0.29, 0.717) is 30.4 Å². The number of fused-ring (bicyclic) bond motifs is 1. The van der Waals surface area contributed by atoms with Crippen molar-refractivity contribution in [1.82, 2.24) is 15.0 Å². The number of nitrogen functional groups attached to an aromatic ring is 1. The van der Waals surface area contributed by atoms with Gasteiger partial charge in [0.1, 0.15) is 17.1 Å². The van der Waals surface area contributed by atoms with Crippen LogP contribution < -0.4 is 10.6 Å². The molecule has 25 heavy (non-hydrogen) atoms. The van der Waals surface area contributed by atoms with E-state index in [0.717, 1.165) is 41.3 Å². The van der Waals surface area contributed by atoms with E-state index in [2.05, 4.69) is 16.5 Å². The van der Waals surface area contributed by atoms with Gasteiger partial charge in [-0.25, -0.2) is 15.0 Å². The molecule has 0 atom stereocenters. The highest BCUT2D eigenvalue weighted by atomic mass is 16.5. The standard InChI is InChI=1S/C18H19N5O2/c1-3-13-11(2)25-16-15(13)21-17(12-4-5-14(19)20-10-12)22-18(16)23-6-8-24-9-7-23/h3-5,10H,1,6-9H2,2H3,(H2,19,20). The molecular formula is C18H19N5O2. The molecule has 128 valence electrons. The molecule has 3 aromatic rings. The summed E-state index contributed by atoms with van der Waals surface area (Å²) < 4.78 is 11.4. The molecule has 1 saturated heterocycles. The molecule has 0 aromatic carbocycles. The van der Waals surface area contributed by atoms with E-state index < -0.39 is 0 Å². The van der Waals surface area contributed by atoms with Gasteiger partial charge in [0.05, 0.1) is 13.2 Å². The van der Waals surface area contributed by atoms with Crippen molar-refractivity contribution in [2.24, 2.45) is 0 Å². The summed E-state index contributed by atoms with van der Waals surface area (Å²) in [6.07, 6.45) is 3.45. The number of nitrogens with two attached hydrogens (primary N) is 1. The van der Waals surface area contributed by atoms with Crippen LogP contribution in [0.3, 0.4) is 0 Å². The molecule has 3 aromatic heterocycles. The van der Waals surface area contributed by atoms with E-state index in [4.69, 9.17) is 24.9 Å². The number of aryl methyl sites for hydroxylation is 1. The molecule has 0 unspecified atom stereocenters. The molecule has 0 radical (unpaired) electrons. The predicted molar refractivity (Wildman–Crippen MR) is 97.3 cm³/mol. The quantitative estimate of drug-likeness (QED) is 0.785. The van der Waals surface area contributed by atoms with Gasteiger partial charge in [-0.3, -0.25) is 0 Å². The average Bonchev–Trinajstić information content (AvgIpc) is 2.97. The molecule has 0 spiro atoms. The summed E-state index contributed by atoms with van der Waals surface area (Å²) in [7, 11) is 0. The van der Waals surface area contributed by atoms with Crippen LogP contribution in [0.2, 0.25) is 0 Å². The van der Waals surface area contributed by atoms with Crippen LogP contribution in [-0.4, -0.2) is 41.3 Å². The molecule has 7 heteroatoms. The molecule has 4 rings (SSSR count). The summed E-state index contributed by atoms with van der Waals surface area (Å²) in [6.45, 7) is 8.64. The second-order valence-electron chi connectivity index (χ2n) is 5.90. The van der Waals surface area contributed by atoms with Crippen molar-refractivity contribution < 1.29 is 9.15 Å². The number of furan rings is 1. The van der Waals surface area contributed by atoms with Gasteiger partial charge in [0.25, 0.3) is 0 Å². The fourth-order valence-corrected chi connectivity index (χ4v) is 2.99. The minimum absolute atomic E-state index is 0.462. The van der Waals surface area contributed by atoms with Crippen molar-refractivity contribution in [3.8, 4) is 11.4 Å². The maximum atomic E-state index is 5.97. The van der Waals surface area contributed by atoms with Gasteiger partial charge in [0, 0.05) is 30.4 Å². The van der Waals surface area contributed by atoms with Crippen LogP contribution in [0.4, 0.5) is 11.6 Å². The lowest BCUT2D eigenvalue weighted by atomic mass is 10.2. The Hall–Kier alpha value is -2.93. The first kappa shape index (κ1) is 15.6. The molecule has 1 fully saturated rings. The third kappa shape index (κ3) is 2.72. The van der Waals surface area contributed by atoms with Crippen LogP contribution in [0.5, 0.6) is 0 Å². The SMILES string of the molecule is C=Cc1c(C)oc2c(N3CCOCC3)nc(-c3ccc(N)nc3)nc12. The summed E-state index contributed by atoms with van der Waals surface area (Å²) in [5, 5.41) is 0. The van der Waals surface area contributed by atoms with E-state index in [1.54, 1.807) is 18.3 Å². The predicted octanol–water partition coefficient (Wildman–Crippen LogP) is 2.66. The van der Waals surface area contributed by atoms with Crippen LogP contribution in [0, 0.1) is 6.92 Å².